The summed E-state index contributed by atoms with van der Waals surface area (Å²) in [5, 5.41) is 0. The fraction of sp³-hybridized carbons (Fsp3) is 0.429. The summed E-state index contributed by atoms with van der Waals surface area (Å²) in [5.41, 5.74) is 0.705. The first-order valence-electron chi connectivity index (χ1n) is 5.68. The van der Waals surface area contributed by atoms with Gasteiger partial charge in [0.1, 0.15) is 11.6 Å². The summed E-state index contributed by atoms with van der Waals surface area (Å²) in [5.74, 6) is 6.55. The summed E-state index contributed by atoms with van der Waals surface area (Å²) in [4.78, 5) is 0. The van der Waals surface area contributed by atoms with Gasteiger partial charge >= 0.3 is 0 Å². The quantitative estimate of drug-likeness (QED) is 0.583. The van der Waals surface area contributed by atoms with Gasteiger partial charge in [0.25, 0.3) is 0 Å². The van der Waals surface area contributed by atoms with Gasteiger partial charge in [-0.3, -0.25) is 0 Å². The molecule has 3 heteroatoms. The van der Waals surface area contributed by atoms with Crippen LogP contribution < -0.4 is 4.74 Å². The summed E-state index contributed by atoms with van der Waals surface area (Å²) >= 11 is 5.55. The van der Waals surface area contributed by atoms with Gasteiger partial charge in [-0.2, -0.15) is 0 Å². The van der Waals surface area contributed by atoms with Crippen LogP contribution in [0.5, 0.6) is 5.75 Å². The first-order chi connectivity index (χ1) is 8.17. The minimum Gasteiger partial charge on any atom is -0.489 e. The fourth-order valence-corrected chi connectivity index (χ4v) is 1.30. The molecule has 0 aliphatic carbocycles. The normalized spacial score (nSPS) is 11.5. The number of benzene rings is 1. The number of rotatable bonds is 4. The van der Waals surface area contributed by atoms with Crippen LogP contribution in [0.3, 0.4) is 0 Å². The van der Waals surface area contributed by atoms with Crippen molar-refractivity contribution >= 4 is 11.6 Å². The van der Waals surface area contributed by atoms with Crippen LogP contribution in [0.1, 0.15) is 32.3 Å². The number of hydrogen-bond donors (Lipinski definition) is 0. The second-order valence-electron chi connectivity index (χ2n) is 3.72. The van der Waals surface area contributed by atoms with E-state index in [0.717, 1.165) is 6.42 Å². The number of halogens is 2. The first-order valence-corrected chi connectivity index (χ1v) is 6.21. The van der Waals surface area contributed by atoms with Gasteiger partial charge < -0.3 is 4.74 Å². The number of alkyl halides is 1. The molecule has 0 saturated heterocycles. The van der Waals surface area contributed by atoms with Crippen LogP contribution in [0, 0.1) is 17.7 Å². The van der Waals surface area contributed by atoms with Crippen molar-refractivity contribution in [3.63, 3.8) is 0 Å². The second-order valence-corrected chi connectivity index (χ2v) is 4.10. The summed E-state index contributed by atoms with van der Waals surface area (Å²) in [6.45, 7) is 3.96. The van der Waals surface area contributed by atoms with E-state index in [1.54, 1.807) is 6.07 Å². The van der Waals surface area contributed by atoms with Gasteiger partial charge in [0.2, 0.25) is 0 Å². The van der Waals surface area contributed by atoms with E-state index in [9.17, 15) is 4.39 Å². The van der Waals surface area contributed by atoms with E-state index in [1.807, 2.05) is 13.8 Å². The molecule has 1 nitrogen and oxygen atoms in total. The smallest absolute Gasteiger partial charge is 0.138 e. The monoisotopic (exact) mass is 254 g/mol. The van der Waals surface area contributed by atoms with Crippen molar-refractivity contribution < 1.29 is 9.13 Å². The van der Waals surface area contributed by atoms with Gasteiger partial charge in [0, 0.05) is 18.4 Å². The first kappa shape index (κ1) is 13.9. The Hall–Kier alpha value is -1.20. The van der Waals surface area contributed by atoms with Gasteiger partial charge in [-0.25, -0.2) is 4.39 Å². The third kappa shape index (κ3) is 4.66. The van der Waals surface area contributed by atoms with Crippen LogP contribution >= 0.6 is 11.6 Å². The highest BCUT2D eigenvalue weighted by Gasteiger charge is 2.07. The SMILES string of the molecule is CCC(C)Oc1cc(F)ccc1C#CCCCl. The van der Waals surface area contributed by atoms with Crippen molar-refractivity contribution in [2.45, 2.75) is 32.8 Å². The molecule has 0 amide bonds. The molecule has 1 aromatic carbocycles. The van der Waals surface area contributed by atoms with Crippen molar-refractivity contribution in [1.82, 2.24) is 0 Å². The van der Waals surface area contributed by atoms with Crippen molar-refractivity contribution in [2.75, 3.05) is 5.88 Å². The van der Waals surface area contributed by atoms with Crippen LogP contribution in [0.15, 0.2) is 18.2 Å². The van der Waals surface area contributed by atoms with Crippen LogP contribution in [0.4, 0.5) is 4.39 Å². The predicted molar refractivity (Wildman–Crippen MR) is 69.0 cm³/mol. The molecular weight excluding hydrogens is 239 g/mol. The maximum atomic E-state index is 13.1. The Morgan fingerprint density at radius 3 is 2.88 bits per heavy atom. The Morgan fingerprint density at radius 2 is 2.24 bits per heavy atom. The van der Waals surface area contributed by atoms with Gasteiger partial charge in [-0.05, 0) is 25.5 Å². The summed E-state index contributed by atoms with van der Waals surface area (Å²) in [7, 11) is 0. The Labute approximate surface area is 107 Å². The van der Waals surface area contributed by atoms with E-state index in [1.165, 1.54) is 12.1 Å². The maximum absolute atomic E-state index is 13.1. The molecule has 0 aromatic heterocycles. The lowest BCUT2D eigenvalue weighted by molar-refractivity contribution is 0.216. The topological polar surface area (TPSA) is 9.23 Å². The molecule has 0 saturated carbocycles. The molecule has 17 heavy (non-hydrogen) atoms. The summed E-state index contributed by atoms with van der Waals surface area (Å²) in [6.07, 6.45) is 1.53. The maximum Gasteiger partial charge on any atom is 0.138 e. The molecule has 92 valence electrons. The number of hydrogen-bond acceptors (Lipinski definition) is 1. The van der Waals surface area contributed by atoms with Gasteiger partial charge in [0.05, 0.1) is 11.7 Å². The zero-order valence-electron chi connectivity index (χ0n) is 10.1. The second kappa shape index (κ2) is 7.19. The predicted octanol–water partition coefficient (Wildman–Crippen LogP) is 3.98. The lowest BCUT2D eigenvalue weighted by atomic mass is 10.2. The summed E-state index contributed by atoms with van der Waals surface area (Å²) in [6, 6.07) is 4.39. The van der Waals surface area contributed by atoms with Crippen molar-refractivity contribution in [3.05, 3.63) is 29.6 Å². The molecule has 0 fully saturated rings. The molecular formula is C14H16ClFO. The lowest BCUT2D eigenvalue weighted by Crippen LogP contribution is -2.10. The molecule has 0 spiro atoms. The zero-order valence-corrected chi connectivity index (χ0v) is 10.9. The molecule has 0 aliphatic rings. The molecule has 0 aliphatic heterocycles. The number of ether oxygens (including phenoxy) is 1. The average Bonchev–Trinajstić information content (AvgIpc) is 2.32. The van der Waals surface area contributed by atoms with Gasteiger partial charge in [-0.1, -0.05) is 18.8 Å². The molecule has 0 heterocycles. The molecule has 0 radical (unpaired) electrons. The van der Waals surface area contributed by atoms with E-state index >= 15 is 0 Å². The Kier molecular flexibility index (Phi) is 5.86. The minimum atomic E-state index is -0.314. The van der Waals surface area contributed by atoms with Gasteiger partial charge in [-0.15, -0.1) is 11.6 Å². The lowest BCUT2D eigenvalue weighted by Gasteiger charge is -2.14. The minimum absolute atomic E-state index is 0.0466. The largest absolute Gasteiger partial charge is 0.489 e. The highest BCUT2D eigenvalue weighted by molar-refractivity contribution is 6.18. The summed E-state index contributed by atoms with van der Waals surface area (Å²) < 4.78 is 18.8. The van der Waals surface area contributed by atoms with Crippen molar-refractivity contribution in [2.24, 2.45) is 0 Å². The molecule has 1 rings (SSSR count). The molecule has 1 aromatic rings. The molecule has 0 N–H and O–H groups in total. The van der Waals surface area contributed by atoms with E-state index < -0.39 is 0 Å². The van der Waals surface area contributed by atoms with Crippen molar-refractivity contribution in [3.8, 4) is 17.6 Å². The standard InChI is InChI=1S/C14H16ClFO/c1-3-11(2)17-14-10-13(16)8-7-12(14)6-4-5-9-15/h7-8,10-11H,3,5,9H2,1-2H3. The highest BCUT2D eigenvalue weighted by atomic mass is 35.5. The van der Waals surface area contributed by atoms with Gasteiger partial charge in [0.15, 0.2) is 0 Å². The van der Waals surface area contributed by atoms with Crippen LogP contribution in [-0.4, -0.2) is 12.0 Å². The average molecular weight is 255 g/mol. The van der Waals surface area contributed by atoms with E-state index in [0.29, 0.717) is 23.6 Å². The van der Waals surface area contributed by atoms with Crippen molar-refractivity contribution in [1.29, 1.82) is 0 Å². The Balaban J connectivity index is 2.92. The van der Waals surface area contributed by atoms with Crippen LogP contribution in [0.2, 0.25) is 0 Å². The van der Waals surface area contributed by atoms with E-state index in [2.05, 4.69) is 11.8 Å². The van der Waals surface area contributed by atoms with E-state index in [4.69, 9.17) is 16.3 Å². The Bertz CT molecular complexity index is 420. The third-order valence-corrected chi connectivity index (χ3v) is 2.48. The highest BCUT2D eigenvalue weighted by Crippen LogP contribution is 2.21. The third-order valence-electron chi connectivity index (χ3n) is 2.29. The van der Waals surface area contributed by atoms with E-state index in [-0.39, 0.29) is 11.9 Å². The fourth-order valence-electron chi connectivity index (χ4n) is 1.20. The molecule has 1 atom stereocenters. The zero-order chi connectivity index (χ0) is 12.7. The Morgan fingerprint density at radius 1 is 1.47 bits per heavy atom. The van der Waals surface area contributed by atoms with Crippen LogP contribution in [-0.2, 0) is 0 Å². The molecule has 1 unspecified atom stereocenters. The van der Waals surface area contributed by atoms with Crippen LogP contribution in [0.25, 0.3) is 0 Å². The molecule has 0 bridgehead atoms.